The second kappa shape index (κ2) is 9.30. The van der Waals surface area contributed by atoms with E-state index in [0.717, 1.165) is 0 Å². The Kier molecular flexibility index (Phi) is 6.43. The van der Waals surface area contributed by atoms with Crippen LogP contribution in [0.3, 0.4) is 0 Å². The maximum atomic E-state index is 14.1. The molecule has 2 aliphatic rings. The highest BCUT2D eigenvalue weighted by Gasteiger charge is 2.66. The lowest BCUT2D eigenvalue weighted by molar-refractivity contribution is -0.144. The first-order chi connectivity index (χ1) is 16.4. The summed E-state index contributed by atoms with van der Waals surface area (Å²) in [5.41, 5.74) is -0.561. The number of Topliss-reactive ketones (excluding diaryl/α,β-unsaturated/α-hetero) is 1. The number of rotatable bonds is 8. The number of likely N-dealkylation sites (tertiary alicyclic amines) is 1. The van der Waals surface area contributed by atoms with E-state index in [4.69, 9.17) is 9.47 Å². The van der Waals surface area contributed by atoms with E-state index in [-0.39, 0.29) is 18.7 Å². The van der Waals surface area contributed by atoms with Crippen LogP contribution in [0.5, 0.6) is 5.75 Å². The summed E-state index contributed by atoms with van der Waals surface area (Å²) < 4.78 is 10.6. The number of carbonyl (C=O) groups is 3. The molecule has 2 aliphatic heterocycles. The van der Waals surface area contributed by atoms with Crippen molar-refractivity contribution in [3.05, 3.63) is 65.2 Å². The van der Waals surface area contributed by atoms with Crippen LogP contribution in [0, 0.1) is 0 Å². The number of carbonyl (C=O) groups excluding carboxylic acids is 3. The lowest BCUT2D eigenvalue weighted by Crippen LogP contribution is -2.52. The number of nitrogens with zero attached hydrogens (tertiary/aromatic N) is 2. The standard InChI is InChI=1S/C26H28N2O6/c1-4-14-27-20-9-7-6-8-19(20)26(25(27)32)21(23(30)24(31)28(26)15-16-33-3)22(29)17-10-12-18(13-11-17)34-5-2/h6-13,29H,4-5,14-16H2,1-3H3/b22-21+. The zero-order chi connectivity index (χ0) is 24.5. The Morgan fingerprint density at radius 3 is 2.35 bits per heavy atom. The molecule has 4 rings (SSSR count). The number of aliphatic hydroxyl groups excluding tert-OH is 1. The fraction of sp³-hybridized carbons (Fsp3) is 0.346. The molecule has 178 valence electrons. The van der Waals surface area contributed by atoms with Gasteiger partial charge in [0.25, 0.3) is 17.6 Å². The molecule has 1 atom stereocenters. The molecule has 0 aromatic heterocycles. The Morgan fingerprint density at radius 2 is 1.71 bits per heavy atom. The summed E-state index contributed by atoms with van der Waals surface area (Å²) in [6, 6.07) is 13.6. The van der Waals surface area contributed by atoms with Crippen molar-refractivity contribution >= 4 is 29.0 Å². The number of para-hydroxylation sites is 1. The predicted octanol–water partition coefficient (Wildman–Crippen LogP) is 3.06. The van der Waals surface area contributed by atoms with Gasteiger partial charge in [-0.3, -0.25) is 14.4 Å². The van der Waals surface area contributed by atoms with Crippen LogP contribution in [0.1, 0.15) is 31.4 Å². The molecule has 2 heterocycles. The van der Waals surface area contributed by atoms with Gasteiger partial charge in [0, 0.05) is 31.3 Å². The number of amides is 2. The second-order valence-electron chi connectivity index (χ2n) is 8.14. The zero-order valence-electron chi connectivity index (χ0n) is 19.5. The minimum atomic E-state index is -1.76. The molecule has 0 saturated carbocycles. The van der Waals surface area contributed by atoms with Gasteiger partial charge in [0.15, 0.2) is 5.54 Å². The molecule has 34 heavy (non-hydrogen) atoms. The molecule has 1 N–H and O–H groups in total. The lowest BCUT2D eigenvalue weighted by Gasteiger charge is -2.34. The highest BCUT2D eigenvalue weighted by Crippen LogP contribution is 2.53. The van der Waals surface area contributed by atoms with Gasteiger partial charge in [-0.05, 0) is 43.7 Å². The van der Waals surface area contributed by atoms with E-state index in [2.05, 4.69) is 0 Å². The minimum Gasteiger partial charge on any atom is -0.507 e. The molecule has 2 aromatic rings. The number of aliphatic hydroxyl groups is 1. The van der Waals surface area contributed by atoms with Crippen LogP contribution in [-0.4, -0.2) is 61.0 Å². The van der Waals surface area contributed by atoms with Crippen molar-refractivity contribution < 1.29 is 29.0 Å². The fourth-order valence-electron chi connectivity index (χ4n) is 4.81. The maximum absolute atomic E-state index is 14.1. The van der Waals surface area contributed by atoms with Gasteiger partial charge in [-0.1, -0.05) is 25.1 Å². The van der Waals surface area contributed by atoms with Crippen LogP contribution < -0.4 is 9.64 Å². The number of anilines is 1. The summed E-state index contributed by atoms with van der Waals surface area (Å²) in [6.07, 6.45) is 0.681. The molecule has 1 spiro atoms. The van der Waals surface area contributed by atoms with Crippen LogP contribution in [0.25, 0.3) is 5.76 Å². The molecule has 2 amide bonds. The van der Waals surface area contributed by atoms with Crippen LogP contribution in [0.15, 0.2) is 54.1 Å². The number of fused-ring (bicyclic) bond motifs is 2. The Labute approximate surface area is 198 Å². The summed E-state index contributed by atoms with van der Waals surface area (Å²) >= 11 is 0. The van der Waals surface area contributed by atoms with Gasteiger partial charge in [0.2, 0.25) is 0 Å². The van der Waals surface area contributed by atoms with Crippen molar-refractivity contribution in [2.45, 2.75) is 25.8 Å². The number of ketones is 1. The van der Waals surface area contributed by atoms with Gasteiger partial charge in [-0.2, -0.15) is 0 Å². The van der Waals surface area contributed by atoms with Crippen LogP contribution in [0.4, 0.5) is 5.69 Å². The molecule has 8 heteroatoms. The van der Waals surface area contributed by atoms with Crippen LogP contribution >= 0.6 is 0 Å². The first-order valence-corrected chi connectivity index (χ1v) is 11.4. The summed E-state index contributed by atoms with van der Waals surface area (Å²) in [4.78, 5) is 43.6. The second-order valence-corrected chi connectivity index (χ2v) is 8.14. The quantitative estimate of drug-likeness (QED) is 0.366. The Hall–Kier alpha value is -3.65. The van der Waals surface area contributed by atoms with E-state index in [1.54, 1.807) is 47.4 Å². The molecule has 0 aliphatic carbocycles. The smallest absolute Gasteiger partial charge is 0.296 e. The summed E-state index contributed by atoms with van der Waals surface area (Å²) in [7, 11) is 1.48. The predicted molar refractivity (Wildman–Crippen MR) is 127 cm³/mol. The fourth-order valence-corrected chi connectivity index (χ4v) is 4.81. The molecule has 2 aromatic carbocycles. The van der Waals surface area contributed by atoms with E-state index in [0.29, 0.717) is 42.1 Å². The van der Waals surface area contributed by atoms with Gasteiger partial charge in [0.05, 0.1) is 24.5 Å². The maximum Gasteiger partial charge on any atom is 0.296 e. The van der Waals surface area contributed by atoms with E-state index in [1.165, 1.54) is 12.0 Å². The topological polar surface area (TPSA) is 96.4 Å². The highest BCUT2D eigenvalue weighted by atomic mass is 16.5. The largest absolute Gasteiger partial charge is 0.507 e. The molecule has 8 nitrogen and oxygen atoms in total. The Balaban J connectivity index is 1.99. The molecular weight excluding hydrogens is 436 g/mol. The SMILES string of the molecule is CCCN1C(=O)C2(/C(=C(/O)c3ccc(OCC)cc3)C(=O)C(=O)N2CCOC)c2ccccc21. The van der Waals surface area contributed by atoms with E-state index < -0.39 is 28.9 Å². The van der Waals surface area contributed by atoms with E-state index >= 15 is 0 Å². The van der Waals surface area contributed by atoms with Gasteiger partial charge in [0.1, 0.15) is 11.5 Å². The van der Waals surface area contributed by atoms with Crippen LogP contribution in [-0.2, 0) is 24.7 Å². The van der Waals surface area contributed by atoms with E-state index in [1.807, 2.05) is 19.9 Å². The lowest BCUT2D eigenvalue weighted by atomic mass is 9.82. The average molecular weight is 465 g/mol. The van der Waals surface area contributed by atoms with Gasteiger partial charge >= 0.3 is 0 Å². The molecular formula is C26H28N2O6. The van der Waals surface area contributed by atoms with Crippen molar-refractivity contribution in [3.8, 4) is 5.75 Å². The number of benzene rings is 2. The molecule has 1 unspecified atom stereocenters. The summed E-state index contributed by atoms with van der Waals surface area (Å²) in [5, 5.41) is 11.4. The molecule has 0 bridgehead atoms. The Bertz CT molecular complexity index is 1160. The molecule has 1 saturated heterocycles. The average Bonchev–Trinajstić information content (AvgIpc) is 3.22. The summed E-state index contributed by atoms with van der Waals surface area (Å²) in [6.45, 7) is 4.84. The Morgan fingerprint density at radius 1 is 1.00 bits per heavy atom. The van der Waals surface area contributed by atoms with Crippen molar-refractivity contribution in [1.29, 1.82) is 0 Å². The summed E-state index contributed by atoms with van der Waals surface area (Å²) in [5.74, 6) is -1.97. The third-order valence-electron chi connectivity index (χ3n) is 6.21. The van der Waals surface area contributed by atoms with Gasteiger partial charge in [-0.25, -0.2) is 0 Å². The van der Waals surface area contributed by atoms with E-state index in [9.17, 15) is 19.5 Å². The van der Waals surface area contributed by atoms with Crippen molar-refractivity contribution in [2.24, 2.45) is 0 Å². The van der Waals surface area contributed by atoms with Crippen molar-refractivity contribution in [2.75, 3.05) is 38.3 Å². The third-order valence-corrected chi connectivity index (χ3v) is 6.21. The normalized spacial score (nSPS) is 21.0. The highest BCUT2D eigenvalue weighted by molar-refractivity contribution is 6.50. The van der Waals surface area contributed by atoms with Crippen LogP contribution in [0.2, 0.25) is 0 Å². The van der Waals surface area contributed by atoms with Crippen molar-refractivity contribution in [1.82, 2.24) is 4.90 Å². The minimum absolute atomic E-state index is 0.0151. The van der Waals surface area contributed by atoms with Gasteiger partial charge in [-0.15, -0.1) is 0 Å². The van der Waals surface area contributed by atoms with Gasteiger partial charge < -0.3 is 24.4 Å². The monoisotopic (exact) mass is 464 g/mol. The zero-order valence-corrected chi connectivity index (χ0v) is 19.5. The first-order valence-electron chi connectivity index (χ1n) is 11.4. The molecule has 0 radical (unpaired) electrons. The number of hydrogen-bond acceptors (Lipinski definition) is 6. The number of ether oxygens (including phenoxy) is 2. The molecule has 1 fully saturated rings. The third kappa shape index (κ3) is 3.37. The number of hydrogen-bond donors (Lipinski definition) is 1. The first kappa shape index (κ1) is 23.5. The number of methoxy groups -OCH3 is 1. The van der Waals surface area contributed by atoms with Crippen molar-refractivity contribution in [3.63, 3.8) is 0 Å².